The minimum absolute atomic E-state index is 0.278. The maximum atomic E-state index is 13.5. The van der Waals surface area contributed by atoms with Crippen molar-refractivity contribution in [2.45, 2.75) is 18.9 Å². The van der Waals surface area contributed by atoms with E-state index in [0.29, 0.717) is 17.0 Å². The number of thioether (sulfide) groups is 1. The van der Waals surface area contributed by atoms with E-state index in [9.17, 15) is 9.50 Å². The Morgan fingerprint density at radius 2 is 2.38 bits per heavy atom. The van der Waals surface area contributed by atoms with Gasteiger partial charge in [0.1, 0.15) is 5.82 Å². The molecular weight excluding hydrogens is 247 g/mol. The van der Waals surface area contributed by atoms with Gasteiger partial charge in [-0.25, -0.2) is 4.39 Å². The van der Waals surface area contributed by atoms with Gasteiger partial charge in [0.15, 0.2) is 0 Å². The topological polar surface area (TPSA) is 20.2 Å². The van der Waals surface area contributed by atoms with Crippen molar-refractivity contribution in [3.8, 4) is 0 Å². The summed E-state index contributed by atoms with van der Waals surface area (Å²) < 4.78 is 13.5. The zero-order chi connectivity index (χ0) is 11.5. The molecule has 0 bridgehead atoms. The van der Waals surface area contributed by atoms with Crippen molar-refractivity contribution in [2.24, 2.45) is 5.92 Å². The van der Waals surface area contributed by atoms with Crippen LogP contribution in [0, 0.1) is 11.7 Å². The lowest BCUT2D eigenvalue weighted by molar-refractivity contribution is 0.119. The number of hydrogen-bond donors (Lipinski definition) is 1. The number of halogens is 2. The zero-order valence-electron chi connectivity index (χ0n) is 8.83. The summed E-state index contributed by atoms with van der Waals surface area (Å²) in [6, 6.07) is 4.63. The molecule has 1 aliphatic heterocycles. The summed E-state index contributed by atoms with van der Waals surface area (Å²) in [5, 5.41) is 10.4. The van der Waals surface area contributed by atoms with E-state index in [-0.39, 0.29) is 11.7 Å². The number of benzene rings is 1. The van der Waals surface area contributed by atoms with Crippen LogP contribution in [0.5, 0.6) is 0 Å². The molecule has 1 nitrogen and oxygen atoms in total. The fraction of sp³-hybridized carbons (Fsp3) is 0.500. The molecule has 2 atom stereocenters. The average molecular weight is 261 g/mol. The molecule has 0 aliphatic carbocycles. The normalized spacial score (nSPS) is 22.3. The van der Waals surface area contributed by atoms with Crippen molar-refractivity contribution in [2.75, 3.05) is 11.5 Å². The first-order valence-corrected chi connectivity index (χ1v) is 6.90. The molecule has 88 valence electrons. The standard InChI is InChI=1S/C12H14ClFOS/c13-10-2-1-3-11(14)9(10)6-12(15)8-4-5-16-7-8/h1-3,8,12,15H,4-7H2. The van der Waals surface area contributed by atoms with Gasteiger partial charge in [0.2, 0.25) is 0 Å². The molecule has 4 heteroatoms. The second-order valence-electron chi connectivity index (χ2n) is 4.10. The summed E-state index contributed by atoms with van der Waals surface area (Å²) in [6.07, 6.45) is 0.846. The quantitative estimate of drug-likeness (QED) is 0.901. The van der Waals surface area contributed by atoms with Crippen LogP contribution in [0.15, 0.2) is 18.2 Å². The first kappa shape index (κ1) is 12.2. The van der Waals surface area contributed by atoms with Crippen LogP contribution in [0.4, 0.5) is 4.39 Å². The first-order chi connectivity index (χ1) is 7.68. The molecule has 0 radical (unpaired) electrons. The maximum absolute atomic E-state index is 13.5. The molecule has 0 spiro atoms. The Labute approximate surface area is 104 Å². The molecule has 1 aromatic carbocycles. The zero-order valence-corrected chi connectivity index (χ0v) is 10.4. The van der Waals surface area contributed by atoms with Crippen LogP contribution in [0.25, 0.3) is 0 Å². The molecule has 1 fully saturated rings. The van der Waals surface area contributed by atoms with Gasteiger partial charge in [-0.05, 0) is 36.0 Å². The third-order valence-electron chi connectivity index (χ3n) is 2.98. The smallest absolute Gasteiger partial charge is 0.127 e. The molecule has 1 saturated heterocycles. The van der Waals surface area contributed by atoms with Crippen molar-refractivity contribution in [1.82, 2.24) is 0 Å². The molecular formula is C12H14ClFOS. The maximum Gasteiger partial charge on any atom is 0.127 e. The van der Waals surface area contributed by atoms with Gasteiger partial charge in [-0.3, -0.25) is 0 Å². The molecule has 0 saturated carbocycles. The molecule has 1 heterocycles. The van der Waals surface area contributed by atoms with E-state index in [2.05, 4.69) is 0 Å². The number of rotatable bonds is 3. The van der Waals surface area contributed by atoms with Gasteiger partial charge in [0, 0.05) is 17.0 Å². The SMILES string of the molecule is OC(Cc1c(F)cccc1Cl)C1CCSC1. The van der Waals surface area contributed by atoms with Crippen LogP contribution >= 0.6 is 23.4 Å². The van der Waals surface area contributed by atoms with Crippen LogP contribution in [0.3, 0.4) is 0 Å². The molecule has 1 aromatic rings. The molecule has 0 aromatic heterocycles. The lowest BCUT2D eigenvalue weighted by Gasteiger charge is -2.17. The summed E-state index contributed by atoms with van der Waals surface area (Å²) in [7, 11) is 0. The molecule has 2 rings (SSSR count). The van der Waals surface area contributed by atoms with Crippen LogP contribution in [-0.4, -0.2) is 22.7 Å². The van der Waals surface area contributed by atoms with Crippen molar-refractivity contribution >= 4 is 23.4 Å². The van der Waals surface area contributed by atoms with E-state index in [1.807, 2.05) is 11.8 Å². The molecule has 2 unspecified atom stereocenters. The van der Waals surface area contributed by atoms with Crippen molar-refractivity contribution in [3.63, 3.8) is 0 Å². The van der Waals surface area contributed by atoms with Crippen molar-refractivity contribution < 1.29 is 9.50 Å². The highest BCUT2D eigenvalue weighted by Crippen LogP contribution is 2.29. The Balaban J connectivity index is 2.07. The minimum Gasteiger partial charge on any atom is -0.392 e. The Morgan fingerprint density at radius 3 is 3.00 bits per heavy atom. The van der Waals surface area contributed by atoms with Gasteiger partial charge in [-0.2, -0.15) is 11.8 Å². The van der Waals surface area contributed by atoms with Gasteiger partial charge in [0.05, 0.1) is 6.10 Å². The van der Waals surface area contributed by atoms with Crippen molar-refractivity contribution in [1.29, 1.82) is 0 Å². The van der Waals surface area contributed by atoms with Gasteiger partial charge < -0.3 is 5.11 Å². The number of aliphatic hydroxyl groups is 1. The highest BCUT2D eigenvalue weighted by Gasteiger charge is 2.25. The van der Waals surface area contributed by atoms with Crippen LogP contribution < -0.4 is 0 Å². The Bertz CT molecular complexity index is 346. The molecule has 16 heavy (non-hydrogen) atoms. The van der Waals surface area contributed by atoms with E-state index in [1.54, 1.807) is 12.1 Å². The third kappa shape index (κ3) is 2.70. The van der Waals surface area contributed by atoms with Gasteiger partial charge in [-0.15, -0.1) is 0 Å². The highest BCUT2D eigenvalue weighted by molar-refractivity contribution is 7.99. The lowest BCUT2D eigenvalue weighted by atomic mass is 9.95. The monoisotopic (exact) mass is 260 g/mol. The number of hydrogen-bond acceptors (Lipinski definition) is 2. The van der Waals surface area contributed by atoms with E-state index in [1.165, 1.54) is 6.07 Å². The van der Waals surface area contributed by atoms with Crippen LogP contribution in [-0.2, 0) is 6.42 Å². The minimum atomic E-state index is -0.482. The lowest BCUT2D eigenvalue weighted by Crippen LogP contribution is -2.23. The average Bonchev–Trinajstić information content (AvgIpc) is 2.76. The fourth-order valence-electron chi connectivity index (χ4n) is 1.96. The summed E-state index contributed by atoms with van der Waals surface area (Å²) in [5.74, 6) is 2.01. The summed E-state index contributed by atoms with van der Waals surface area (Å²) >= 11 is 7.77. The molecule has 1 N–H and O–H groups in total. The van der Waals surface area contributed by atoms with Crippen LogP contribution in [0.2, 0.25) is 5.02 Å². The Kier molecular flexibility index (Phi) is 4.11. The summed E-state index contributed by atoms with van der Waals surface area (Å²) in [5.41, 5.74) is 0.438. The van der Waals surface area contributed by atoms with Gasteiger partial charge >= 0.3 is 0 Å². The van der Waals surface area contributed by atoms with E-state index >= 15 is 0 Å². The highest BCUT2D eigenvalue weighted by atomic mass is 35.5. The molecule has 0 amide bonds. The molecule has 1 aliphatic rings. The van der Waals surface area contributed by atoms with E-state index in [0.717, 1.165) is 17.9 Å². The Morgan fingerprint density at radius 1 is 1.56 bits per heavy atom. The van der Waals surface area contributed by atoms with Gasteiger partial charge in [-0.1, -0.05) is 17.7 Å². The summed E-state index contributed by atoms with van der Waals surface area (Å²) in [6.45, 7) is 0. The number of aliphatic hydroxyl groups excluding tert-OH is 1. The largest absolute Gasteiger partial charge is 0.392 e. The van der Waals surface area contributed by atoms with E-state index < -0.39 is 6.10 Å². The second kappa shape index (κ2) is 5.39. The fourth-order valence-corrected chi connectivity index (χ4v) is 3.53. The third-order valence-corrected chi connectivity index (χ3v) is 4.53. The van der Waals surface area contributed by atoms with E-state index in [4.69, 9.17) is 11.6 Å². The van der Waals surface area contributed by atoms with Crippen LogP contribution in [0.1, 0.15) is 12.0 Å². The first-order valence-electron chi connectivity index (χ1n) is 5.37. The predicted octanol–water partition coefficient (Wildman–Crippen LogP) is 3.14. The predicted molar refractivity (Wildman–Crippen MR) is 66.6 cm³/mol. The van der Waals surface area contributed by atoms with Crippen molar-refractivity contribution in [3.05, 3.63) is 34.6 Å². The van der Waals surface area contributed by atoms with Gasteiger partial charge in [0.25, 0.3) is 0 Å². The summed E-state index contributed by atoms with van der Waals surface area (Å²) in [4.78, 5) is 0. The Hall–Kier alpha value is -0.250. The second-order valence-corrected chi connectivity index (χ2v) is 5.65.